The predicted octanol–water partition coefficient (Wildman–Crippen LogP) is 3.03. The maximum Gasteiger partial charge on any atom is 0.121 e. The van der Waals surface area contributed by atoms with Gasteiger partial charge in [-0.2, -0.15) is 11.2 Å². The lowest BCUT2D eigenvalue weighted by Crippen LogP contribution is -1.90. The van der Waals surface area contributed by atoms with E-state index in [9.17, 15) is 0 Å². The Labute approximate surface area is 67.9 Å². The van der Waals surface area contributed by atoms with E-state index >= 15 is 0 Å². The van der Waals surface area contributed by atoms with Crippen LogP contribution in [-0.4, -0.2) is 7.95 Å². The molecule has 0 saturated carbocycles. The first-order chi connectivity index (χ1) is 4.79. The second-order valence-electron chi connectivity index (χ2n) is 2.32. The van der Waals surface area contributed by atoms with E-state index in [1.54, 1.807) is 0 Å². The highest BCUT2D eigenvalue weighted by Gasteiger charge is 1.96. The van der Waals surface area contributed by atoms with Crippen molar-refractivity contribution < 1.29 is 0 Å². The van der Waals surface area contributed by atoms with E-state index in [1.807, 2.05) is 11.2 Å². The van der Waals surface area contributed by atoms with E-state index in [1.165, 1.54) is 4.90 Å². The Morgan fingerprint density at radius 3 is 2.20 bits per heavy atom. The first kappa shape index (κ1) is 7.89. The Bertz CT molecular complexity index is 184. The van der Waals surface area contributed by atoms with Crippen LogP contribution < -0.4 is 0 Å². The molecule has 0 aliphatic rings. The van der Waals surface area contributed by atoms with Gasteiger partial charge in [0.25, 0.3) is 0 Å². The summed E-state index contributed by atoms with van der Waals surface area (Å²) in [5.74, 6) is 0. The van der Waals surface area contributed by atoms with Gasteiger partial charge in [0.05, 0.1) is 0 Å². The third-order valence-corrected chi connectivity index (χ3v) is 3.91. The SMILES string of the molecule is C[Si](C)Sc1ccccc1. The second kappa shape index (κ2) is 3.83. The van der Waals surface area contributed by atoms with Gasteiger partial charge >= 0.3 is 0 Å². The van der Waals surface area contributed by atoms with Gasteiger partial charge in [0.1, 0.15) is 7.95 Å². The van der Waals surface area contributed by atoms with E-state index in [2.05, 4.69) is 43.4 Å². The van der Waals surface area contributed by atoms with Crippen LogP contribution in [0, 0.1) is 0 Å². The molecule has 0 spiro atoms. The van der Waals surface area contributed by atoms with Crippen molar-refractivity contribution in [1.82, 2.24) is 0 Å². The molecule has 0 amide bonds. The molecule has 0 saturated heterocycles. The topological polar surface area (TPSA) is 0 Å². The molecular weight excluding hydrogens is 156 g/mol. The molecule has 1 radical (unpaired) electrons. The summed E-state index contributed by atoms with van der Waals surface area (Å²) in [6, 6.07) is 10.6. The molecule has 0 fully saturated rings. The van der Waals surface area contributed by atoms with Crippen molar-refractivity contribution in [3.8, 4) is 0 Å². The van der Waals surface area contributed by atoms with Crippen LogP contribution in [0.4, 0.5) is 0 Å². The van der Waals surface area contributed by atoms with Crippen LogP contribution in [0.25, 0.3) is 0 Å². The van der Waals surface area contributed by atoms with Crippen LogP contribution in [0.15, 0.2) is 35.2 Å². The summed E-state index contributed by atoms with van der Waals surface area (Å²) in [7, 11) is -0.170. The Hall–Kier alpha value is -0.213. The molecule has 0 unspecified atom stereocenters. The zero-order valence-electron chi connectivity index (χ0n) is 6.29. The molecule has 2 heteroatoms. The molecule has 53 valence electrons. The maximum absolute atomic E-state index is 2.31. The smallest absolute Gasteiger partial charge is 0.121 e. The van der Waals surface area contributed by atoms with Crippen molar-refractivity contribution in [1.29, 1.82) is 0 Å². The van der Waals surface area contributed by atoms with E-state index in [0.29, 0.717) is 0 Å². The largest absolute Gasteiger partial charge is 0.154 e. The average Bonchev–Trinajstić information content (AvgIpc) is 1.88. The zero-order chi connectivity index (χ0) is 7.40. The lowest BCUT2D eigenvalue weighted by molar-refractivity contribution is 1.48. The van der Waals surface area contributed by atoms with Gasteiger partial charge in [0, 0.05) is 4.90 Å². The standard InChI is InChI=1S/C8H11SSi/c1-10(2)9-8-6-4-3-5-7-8/h3-7H,1-2H3. The summed E-state index contributed by atoms with van der Waals surface area (Å²) in [6.07, 6.45) is 0. The van der Waals surface area contributed by atoms with Crippen molar-refractivity contribution >= 4 is 19.2 Å². The maximum atomic E-state index is 2.31. The van der Waals surface area contributed by atoms with Gasteiger partial charge in [-0.15, -0.1) is 0 Å². The molecule has 0 bridgehead atoms. The molecule has 0 N–H and O–H groups in total. The fraction of sp³-hybridized carbons (Fsp3) is 0.250. The van der Waals surface area contributed by atoms with E-state index in [4.69, 9.17) is 0 Å². The second-order valence-corrected chi connectivity index (χ2v) is 7.88. The molecule has 0 aliphatic heterocycles. The van der Waals surface area contributed by atoms with E-state index < -0.39 is 0 Å². The lowest BCUT2D eigenvalue weighted by Gasteiger charge is -2.00. The fourth-order valence-corrected chi connectivity index (χ4v) is 3.31. The number of hydrogen-bond acceptors (Lipinski definition) is 1. The third-order valence-electron chi connectivity index (χ3n) is 1.07. The van der Waals surface area contributed by atoms with Crippen LogP contribution in [-0.2, 0) is 0 Å². The molecule has 10 heavy (non-hydrogen) atoms. The van der Waals surface area contributed by atoms with Crippen molar-refractivity contribution in [2.45, 2.75) is 18.0 Å². The molecule has 1 rings (SSSR count). The van der Waals surface area contributed by atoms with Crippen LogP contribution in [0.5, 0.6) is 0 Å². The van der Waals surface area contributed by atoms with Gasteiger partial charge in [0.15, 0.2) is 0 Å². The quantitative estimate of drug-likeness (QED) is 0.610. The minimum absolute atomic E-state index is 0.170. The Morgan fingerprint density at radius 1 is 1.10 bits per heavy atom. The van der Waals surface area contributed by atoms with Gasteiger partial charge in [-0.25, -0.2) is 0 Å². The van der Waals surface area contributed by atoms with Crippen molar-refractivity contribution in [2.75, 3.05) is 0 Å². The summed E-state index contributed by atoms with van der Waals surface area (Å²) in [6.45, 7) is 4.62. The first-order valence-electron chi connectivity index (χ1n) is 3.32. The molecule has 0 atom stereocenters. The normalized spacial score (nSPS) is 10.3. The van der Waals surface area contributed by atoms with E-state index in [-0.39, 0.29) is 7.95 Å². The molecule has 0 heterocycles. The molecule has 0 nitrogen and oxygen atoms in total. The van der Waals surface area contributed by atoms with Gasteiger partial charge in [0.2, 0.25) is 0 Å². The molecule has 1 aromatic carbocycles. The monoisotopic (exact) mass is 167 g/mol. The van der Waals surface area contributed by atoms with Gasteiger partial charge in [-0.3, -0.25) is 0 Å². The molecule has 0 aromatic heterocycles. The van der Waals surface area contributed by atoms with Crippen molar-refractivity contribution in [2.24, 2.45) is 0 Å². The van der Waals surface area contributed by atoms with Gasteiger partial charge < -0.3 is 0 Å². The zero-order valence-corrected chi connectivity index (χ0v) is 8.11. The first-order valence-corrected chi connectivity index (χ1v) is 7.36. The Kier molecular flexibility index (Phi) is 3.03. The Morgan fingerprint density at radius 2 is 1.70 bits per heavy atom. The molecule has 0 aliphatic carbocycles. The van der Waals surface area contributed by atoms with Crippen molar-refractivity contribution in [3.63, 3.8) is 0 Å². The summed E-state index contributed by atoms with van der Waals surface area (Å²) < 4.78 is 0. The third kappa shape index (κ3) is 2.58. The highest BCUT2D eigenvalue weighted by atomic mass is 32.4. The number of benzene rings is 1. The van der Waals surface area contributed by atoms with E-state index in [0.717, 1.165) is 0 Å². The average molecular weight is 167 g/mol. The molecule has 1 aromatic rings. The minimum atomic E-state index is -0.170. The highest BCUT2D eigenvalue weighted by Crippen LogP contribution is 2.19. The summed E-state index contributed by atoms with van der Waals surface area (Å²) in [5, 5.41) is 0. The summed E-state index contributed by atoms with van der Waals surface area (Å²) >= 11 is 2.00. The fourth-order valence-electron chi connectivity index (χ4n) is 0.724. The summed E-state index contributed by atoms with van der Waals surface area (Å²) in [5.41, 5.74) is 0. The van der Waals surface area contributed by atoms with Crippen LogP contribution in [0.3, 0.4) is 0 Å². The molecular formula is C8H11SSi. The summed E-state index contributed by atoms with van der Waals surface area (Å²) in [4.78, 5) is 1.40. The number of hydrogen-bond donors (Lipinski definition) is 0. The van der Waals surface area contributed by atoms with Gasteiger partial charge in [-0.1, -0.05) is 31.3 Å². The van der Waals surface area contributed by atoms with Crippen LogP contribution >= 0.6 is 11.2 Å². The predicted molar refractivity (Wildman–Crippen MR) is 49.8 cm³/mol. The van der Waals surface area contributed by atoms with Crippen molar-refractivity contribution in [3.05, 3.63) is 30.3 Å². The van der Waals surface area contributed by atoms with Crippen LogP contribution in [0.1, 0.15) is 0 Å². The van der Waals surface area contributed by atoms with Gasteiger partial charge in [-0.05, 0) is 12.1 Å². The number of rotatable bonds is 2. The Balaban J connectivity index is 2.59. The lowest BCUT2D eigenvalue weighted by atomic mass is 10.4. The van der Waals surface area contributed by atoms with Crippen LogP contribution in [0.2, 0.25) is 13.1 Å². The minimum Gasteiger partial charge on any atom is -0.154 e. The highest BCUT2D eigenvalue weighted by molar-refractivity contribution is 8.25.